The molecule has 1 unspecified atom stereocenters. The molecule has 0 amide bonds. The fraction of sp³-hybridized carbons (Fsp3) is 0.571. The van der Waals surface area contributed by atoms with Gasteiger partial charge in [0.25, 0.3) is 0 Å². The average molecular weight is 253 g/mol. The Kier molecular flexibility index (Phi) is 3.82. The Bertz CT molecular complexity index is 403. The molecular weight excluding hydrogens is 232 g/mol. The summed E-state index contributed by atoms with van der Waals surface area (Å²) in [5.41, 5.74) is 9.10. The lowest BCUT2D eigenvalue weighted by Gasteiger charge is -2.37. The largest absolute Gasteiger partial charge is 0.399 e. The molecular formula is C14H21ClN2. The molecule has 17 heavy (non-hydrogen) atoms. The summed E-state index contributed by atoms with van der Waals surface area (Å²) in [7, 11) is 0. The van der Waals surface area contributed by atoms with Crippen molar-refractivity contribution in [3.05, 3.63) is 22.7 Å². The Balaban J connectivity index is 2.42. The van der Waals surface area contributed by atoms with Crippen LogP contribution >= 0.6 is 11.6 Å². The number of benzene rings is 1. The van der Waals surface area contributed by atoms with Gasteiger partial charge in [-0.05, 0) is 50.3 Å². The Morgan fingerprint density at radius 1 is 1.41 bits per heavy atom. The summed E-state index contributed by atoms with van der Waals surface area (Å²) >= 11 is 6.39. The summed E-state index contributed by atoms with van der Waals surface area (Å²) in [4.78, 5) is 2.45. The number of halogens is 1. The molecule has 0 radical (unpaired) electrons. The van der Waals surface area contributed by atoms with Crippen molar-refractivity contribution in [3.63, 3.8) is 0 Å². The first-order valence-electron chi connectivity index (χ1n) is 6.48. The van der Waals surface area contributed by atoms with E-state index in [1.807, 2.05) is 6.07 Å². The fourth-order valence-corrected chi connectivity index (χ4v) is 3.06. The monoisotopic (exact) mass is 252 g/mol. The second-order valence-electron chi connectivity index (χ2n) is 4.90. The van der Waals surface area contributed by atoms with Crippen LogP contribution in [0.4, 0.5) is 11.4 Å². The SMILES string of the molecule is CCc1cc(N)cc(Cl)c1N1CCCCC1C. The van der Waals surface area contributed by atoms with Crippen LogP contribution in [0.15, 0.2) is 12.1 Å². The molecule has 1 atom stereocenters. The average Bonchev–Trinajstić information content (AvgIpc) is 2.29. The molecule has 1 aliphatic rings. The van der Waals surface area contributed by atoms with E-state index >= 15 is 0 Å². The summed E-state index contributed by atoms with van der Waals surface area (Å²) in [6.07, 6.45) is 4.81. The number of hydrogen-bond donors (Lipinski definition) is 1. The van der Waals surface area contributed by atoms with Gasteiger partial charge in [0.15, 0.2) is 0 Å². The summed E-state index contributed by atoms with van der Waals surface area (Å²) < 4.78 is 0. The van der Waals surface area contributed by atoms with E-state index in [-0.39, 0.29) is 0 Å². The van der Waals surface area contributed by atoms with Crippen molar-refractivity contribution < 1.29 is 0 Å². The molecule has 1 aromatic carbocycles. The number of aryl methyl sites for hydroxylation is 1. The number of nitrogens with zero attached hydrogens (tertiary/aromatic N) is 1. The summed E-state index contributed by atoms with van der Waals surface area (Å²) in [5, 5.41) is 0.801. The van der Waals surface area contributed by atoms with Crippen LogP contribution in [0.25, 0.3) is 0 Å². The van der Waals surface area contributed by atoms with E-state index in [4.69, 9.17) is 17.3 Å². The zero-order valence-corrected chi connectivity index (χ0v) is 11.4. The van der Waals surface area contributed by atoms with Gasteiger partial charge in [0.05, 0.1) is 10.7 Å². The molecule has 0 spiro atoms. The van der Waals surface area contributed by atoms with Crippen LogP contribution in [-0.2, 0) is 6.42 Å². The molecule has 0 aliphatic carbocycles. The molecule has 1 heterocycles. The molecule has 2 N–H and O–H groups in total. The van der Waals surface area contributed by atoms with Crippen LogP contribution < -0.4 is 10.6 Å². The van der Waals surface area contributed by atoms with Crippen LogP contribution in [0.5, 0.6) is 0 Å². The highest BCUT2D eigenvalue weighted by atomic mass is 35.5. The Morgan fingerprint density at radius 2 is 2.18 bits per heavy atom. The van der Waals surface area contributed by atoms with Crippen LogP contribution in [0.1, 0.15) is 38.7 Å². The van der Waals surface area contributed by atoms with Crippen molar-refractivity contribution in [3.8, 4) is 0 Å². The van der Waals surface area contributed by atoms with E-state index in [9.17, 15) is 0 Å². The number of piperidine rings is 1. The number of hydrogen-bond acceptors (Lipinski definition) is 2. The van der Waals surface area contributed by atoms with Gasteiger partial charge in [0.1, 0.15) is 0 Å². The molecule has 0 bridgehead atoms. The highest BCUT2D eigenvalue weighted by molar-refractivity contribution is 6.33. The second kappa shape index (κ2) is 5.18. The number of rotatable bonds is 2. The lowest BCUT2D eigenvalue weighted by Crippen LogP contribution is -2.38. The minimum atomic E-state index is 0.579. The second-order valence-corrected chi connectivity index (χ2v) is 5.31. The summed E-state index contributed by atoms with van der Waals surface area (Å²) in [6, 6.07) is 4.51. The van der Waals surface area contributed by atoms with Gasteiger partial charge >= 0.3 is 0 Å². The molecule has 94 valence electrons. The maximum Gasteiger partial charge on any atom is 0.0662 e. The quantitative estimate of drug-likeness (QED) is 0.810. The third kappa shape index (κ3) is 2.52. The van der Waals surface area contributed by atoms with Crippen molar-refractivity contribution >= 4 is 23.0 Å². The van der Waals surface area contributed by atoms with Crippen molar-refractivity contribution in [2.75, 3.05) is 17.2 Å². The van der Waals surface area contributed by atoms with E-state index in [0.717, 1.165) is 23.7 Å². The number of nitrogens with two attached hydrogens (primary N) is 1. The van der Waals surface area contributed by atoms with Gasteiger partial charge in [-0.2, -0.15) is 0 Å². The van der Waals surface area contributed by atoms with Gasteiger partial charge in [-0.25, -0.2) is 0 Å². The number of nitrogen functional groups attached to an aromatic ring is 1. The molecule has 2 rings (SSSR count). The number of anilines is 2. The van der Waals surface area contributed by atoms with Crippen LogP contribution in [-0.4, -0.2) is 12.6 Å². The zero-order chi connectivity index (χ0) is 12.4. The summed E-state index contributed by atoms with van der Waals surface area (Å²) in [5.74, 6) is 0. The van der Waals surface area contributed by atoms with Crippen LogP contribution in [0.3, 0.4) is 0 Å². The van der Waals surface area contributed by atoms with E-state index < -0.39 is 0 Å². The smallest absolute Gasteiger partial charge is 0.0662 e. The molecule has 1 fully saturated rings. The minimum absolute atomic E-state index is 0.579. The van der Waals surface area contributed by atoms with Crippen molar-refractivity contribution in [2.45, 2.75) is 45.6 Å². The van der Waals surface area contributed by atoms with Crippen molar-refractivity contribution in [1.29, 1.82) is 0 Å². The highest BCUT2D eigenvalue weighted by Crippen LogP contribution is 2.36. The van der Waals surface area contributed by atoms with E-state index in [2.05, 4.69) is 24.8 Å². The zero-order valence-electron chi connectivity index (χ0n) is 10.7. The predicted octanol–water partition coefficient (Wildman–Crippen LogP) is 3.86. The normalized spacial score (nSPS) is 20.6. The fourth-order valence-electron chi connectivity index (χ4n) is 2.70. The van der Waals surface area contributed by atoms with Crippen molar-refractivity contribution in [1.82, 2.24) is 0 Å². The van der Waals surface area contributed by atoms with Crippen molar-refractivity contribution in [2.24, 2.45) is 0 Å². The highest BCUT2D eigenvalue weighted by Gasteiger charge is 2.22. The lowest BCUT2D eigenvalue weighted by molar-refractivity contribution is 0.484. The standard InChI is InChI=1S/C14H21ClN2/c1-3-11-8-12(16)9-13(15)14(11)17-7-5-4-6-10(17)2/h8-10H,3-7,16H2,1-2H3. The van der Waals surface area contributed by atoms with E-state index in [1.165, 1.54) is 30.5 Å². The first-order valence-corrected chi connectivity index (χ1v) is 6.85. The van der Waals surface area contributed by atoms with Gasteiger partial charge in [0.2, 0.25) is 0 Å². The van der Waals surface area contributed by atoms with Gasteiger partial charge in [-0.15, -0.1) is 0 Å². The summed E-state index contributed by atoms with van der Waals surface area (Å²) in [6.45, 7) is 5.55. The molecule has 1 saturated heterocycles. The van der Waals surface area contributed by atoms with Gasteiger partial charge in [-0.3, -0.25) is 0 Å². The Morgan fingerprint density at radius 3 is 2.82 bits per heavy atom. The topological polar surface area (TPSA) is 29.3 Å². The lowest BCUT2D eigenvalue weighted by atomic mass is 10.00. The maximum atomic E-state index is 6.39. The van der Waals surface area contributed by atoms with E-state index in [0.29, 0.717) is 6.04 Å². The van der Waals surface area contributed by atoms with Crippen LogP contribution in [0.2, 0.25) is 5.02 Å². The van der Waals surface area contributed by atoms with Crippen LogP contribution in [0, 0.1) is 0 Å². The third-order valence-electron chi connectivity index (χ3n) is 3.64. The third-order valence-corrected chi connectivity index (χ3v) is 3.92. The molecule has 1 aromatic rings. The molecule has 0 saturated carbocycles. The first kappa shape index (κ1) is 12.6. The van der Waals surface area contributed by atoms with Gasteiger partial charge in [-0.1, -0.05) is 18.5 Å². The van der Waals surface area contributed by atoms with E-state index in [1.54, 1.807) is 0 Å². The molecule has 3 heteroatoms. The minimum Gasteiger partial charge on any atom is -0.399 e. The van der Waals surface area contributed by atoms with Gasteiger partial charge < -0.3 is 10.6 Å². The van der Waals surface area contributed by atoms with Gasteiger partial charge in [0, 0.05) is 18.3 Å². The molecule has 0 aromatic heterocycles. The predicted molar refractivity (Wildman–Crippen MR) is 75.9 cm³/mol. The Labute approximate surface area is 109 Å². The molecule has 2 nitrogen and oxygen atoms in total. The molecule has 1 aliphatic heterocycles. The maximum absolute atomic E-state index is 6.39. The first-order chi connectivity index (χ1) is 8.13. The Hall–Kier alpha value is -0.890.